The van der Waals surface area contributed by atoms with Gasteiger partial charge in [0.1, 0.15) is 0 Å². The first-order valence-corrected chi connectivity index (χ1v) is 22.0. The van der Waals surface area contributed by atoms with Crippen molar-refractivity contribution in [2.45, 2.75) is 24.7 Å². The fourth-order valence-corrected chi connectivity index (χ4v) is 11.9. The lowest BCUT2D eigenvalue weighted by Crippen LogP contribution is -2.25. The van der Waals surface area contributed by atoms with Gasteiger partial charge >= 0.3 is 0 Å². The molecule has 0 atom stereocenters. The van der Waals surface area contributed by atoms with E-state index >= 15 is 0 Å². The summed E-state index contributed by atoms with van der Waals surface area (Å²) in [6.07, 6.45) is 0. The van der Waals surface area contributed by atoms with Gasteiger partial charge in [-0.15, -0.1) is 0 Å². The molecule has 11 aromatic rings. The largest absolute Gasteiger partial charge is 0.278 e. The molecule has 0 fully saturated rings. The first kappa shape index (κ1) is 34.8. The van der Waals surface area contributed by atoms with Crippen LogP contribution in [0, 0.1) is 0 Å². The monoisotopic (exact) mass is 801 g/mol. The molecule has 0 amide bonds. The van der Waals surface area contributed by atoms with Crippen molar-refractivity contribution in [3.05, 3.63) is 234 Å². The van der Waals surface area contributed by atoms with Crippen LogP contribution >= 0.6 is 0 Å². The predicted molar refractivity (Wildman–Crippen MR) is 259 cm³/mol. The van der Waals surface area contributed by atoms with Crippen LogP contribution in [0.5, 0.6) is 0 Å². The van der Waals surface area contributed by atoms with E-state index < -0.39 is 0 Å². The van der Waals surface area contributed by atoms with Crippen molar-refractivity contribution in [2.24, 2.45) is 0 Å². The number of fused-ring (bicyclic) bond motifs is 15. The van der Waals surface area contributed by atoms with Crippen molar-refractivity contribution >= 4 is 32.7 Å². The summed E-state index contributed by atoms with van der Waals surface area (Å²) in [7, 11) is 0. The number of nitrogens with zero attached hydrogens (tertiary/aromatic N) is 3. The van der Waals surface area contributed by atoms with E-state index in [2.05, 4.69) is 219 Å². The summed E-state index contributed by atoms with van der Waals surface area (Å²) in [4.78, 5) is 10.9. The lowest BCUT2D eigenvalue weighted by atomic mass is 9.69. The molecular weight excluding hydrogens is 763 g/mol. The molecule has 0 bridgehead atoms. The average Bonchev–Trinajstić information content (AvgIpc) is 3.94. The summed E-state index contributed by atoms with van der Waals surface area (Å²) in [6.45, 7) is 4.67. The van der Waals surface area contributed by atoms with Gasteiger partial charge in [0, 0.05) is 27.1 Å². The van der Waals surface area contributed by atoms with E-state index in [4.69, 9.17) is 9.97 Å². The zero-order valence-corrected chi connectivity index (χ0v) is 34.9. The Hall–Kier alpha value is -7.88. The van der Waals surface area contributed by atoms with Gasteiger partial charge in [0.15, 0.2) is 0 Å². The van der Waals surface area contributed by atoms with Crippen molar-refractivity contribution < 1.29 is 0 Å². The van der Waals surface area contributed by atoms with Gasteiger partial charge in [-0.3, -0.25) is 4.57 Å². The van der Waals surface area contributed by atoms with E-state index in [-0.39, 0.29) is 10.8 Å². The minimum absolute atomic E-state index is 0.231. The zero-order valence-electron chi connectivity index (χ0n) is 34.9. The quantitative estimate of drug-likeness (QED) is 0.178. The van der Waals surface area contributed by atoms with Gasteiger partial charge < -0.3 is 0 Å². The van der Waals surface area contributed by atoms with Crippen molar-refractivity contribution in [3.8, 4) is 61.7 Å². The standard InChI is InChI=1S/C60H39N3/c1-59(2)50-24-14-25-53-56(50)57(45-31-28-38(34-51(45)59)36-15-4-3-5-16-36)62-58(61-53)63-54-26-13-9-20-44(54)46-33-37(29-32-55(46)63)39-27-30-43-42-19-8-12-23-49(42)60(52(43)35-39)47-21-10-6-17-40(47)41-18-7-11-22-48(41)60/h3-35H,1-2H3. The average molecular weight is 802 g/mol. The Morgan fingerprint density at radius 2 is 0.905 bits per heavy atom. The summed E-state index contributed by atoms with van der Waals surface area (Å²) in [5.41, 5.74) is 22.7. The SMILES string of the molecule is CC1(C)c2cc(-c3ccccc3)ccc2-c2nc(-n3c4ccccc4c4cc(-c5ccc6c(c5)C5(c7ccccc7-c7ccccc75)c5ccccc5-6)ccc43)nc3cccc1c23. The first-order valence-electron chi connectivity index (χ1n) is 22.0. The molecule has 1 spiro atoms. The summed E-state index contributed by atoms with van der Waals surface area (Å²) < 4.78 is 2.27. The summed E-state index contributed by atoms with van der Waals surface area (Å²) in [5.74, 6) is 0.683. The van der Waals surface area contributed by atoms with Gasteiger partial charge in [0.2, 0.25) is 5.95 Å². The molecule has 9 aromatic carbocycles. The molecule has 0 unspecified atom stereocenters. The minimum Gasteiger partial charge on any atom is -0.278 e. The highest BCUT2D eigenvalue weighted by Crippen LogP contribution is 2.63. The fourth-order valence-electron chi connectivity index (χ4n) is 11.9. The predicted octanol–water partition coefficient (Wildman–Crippen LogP) is 14.7. The van der Waals surface area contributed by atoms with Gasteiger partial charge in [-0.25, -0.2) is 9.97 Å². The lowest BCUT2D eigenvalue weighted by Gasteiger charge is -2.35. The van der Waals surface area contributed by atoms with Crippen LogP contribution in [-0.2, 0) is 10.8 Å². The van der Waals surface area contributed by atoms with E-state index in [9.17, 15) is 0 Å². The maximum absolute atomic E-state index is 5.55. The highest BCUT2D eigenvalue weighted by atomic mass is 15.2. The summed E-state index contributed by atoms with van der Waals surface area (Å²) in [5, 5.41) is 3.50. The van der Waals surface area contributed by atoms with Crippen molar-refractivity contribution in [2.75, 3.05) is 0 Å². The lowest BCUT2D eigenvalue weighted by molar-refractivity contribution is 0.644. The molecule has 14 rings (SSSR count). The molecule has 294 valence electrons. The van der Waals surface area contributed by atoms with Crippen molar-refractivity contribution in [1.29, 1.82) is 0 Å². The second kappa shape index (κ2) is 12.4. The minimum atomic E-state index is -0.389. The van der Waals surface area contributed by atoms with E-state index in [1.54, 1.807) is 0 Å². The topological polar surface area (TPSA) is 30.7 Å². The van der Waals surface area contributed by atoms with E-state index in [0.717, 1.165) is 27.6 Å². The smallest absolute Gasteiger partial charge is 0.235 e. The number of para-hydroxylation sites is 1. The Labute approximate surface area is 365 Å². The molecule has 3 aliphatic rings. The maximum atomic E-state index is 5.55. The molecule has 0 saturated carbocycles. The molecule has 2 heterocycles. The van der Waals surface area contributed by atoms with Crippen molar-refractivity contribution in [1.82, 2.24) is 14.5 Å². The molecule has 3 heteroatoms. The van der Waals surface area contributed by atoms with Crippen LogP contribution in [0.25, 0.3) is 94.4 Å². The second-order valence-corrected chi connectivity index (χ2v) is 18.1. The Kier molecular flexibility index (Phi) is 6.83. The molecule has 0 saturated heterocycles. The molecule has 3 aliphatic carbocycles. The van der Waals surface area contributed by atoms with Crippen LogP contribution in [0.1, 0.15) is 47.2 Å². The highest BCUT2D eigenvalue weighted by molar-refractivity contribution is 6.11. The zero-order chi connectivity index (χ0) is 41.6. The molecule has 2 aromatic heterocycles. The molecule has 63 heavy (non-hydrogen) atoms. The van der Waals surface area contributed by atoms with Crippen LogP contribution < -0.4 is 0 Å². The van der Waals surface area contributed by atoms with E-state index in [1.165, 1.54) is 94.2 Å². The van der Waals surface area contributed by atoms with Gasteiger partial charge in [-0.1, -0.05) is 178 Å². The van der Waals surface area contributed by atoms with Crippen LogP contribution in [0.3, 0.4) is 0 Å². The number of hydrogen-bond donors (Lipinski definition) is 0. The maximum Gasteiger partial charge on any atom is 0.235 e. The van der Waals surface area contributed by atoms with Gasteiger partial charge in [-0.05, 0) is 114 Å². The Bertz CT molecular complexity index is 3710. The van der Waals surface area contributed by atoms with E-state index in [0.29, 0.717) is 5.95 Å². The molecule has 0 aliphatic heterocycles. The van der Waals surface area contributed by atoms with Crippen LogP contribution in [0.2, 0.25) is 0 Å². The third kappa shape index (κ3) is 4.48. The Morgan fingerprint density at radius 1 is 0.365 bits per heavy atom. The first-order chi connectivity index (χ1) is 31.0. The van der Waals surface area contributed by atoms with E-state index in [1.807, 2.05) is 0 Å². The third-order valence-electron chi connectivity index (χ3n) is 14.6. The third-order valence-corrected chi connectivity index (χ3v) is 14.6. The van der Waals surface area contributed by atoms with Crippen LogP contribution in [-0.4, -0.2) is 14.5 Å². The number of hydrogen-bond acceptors (Lipinski definition) is 2. The molecule has 0 radical (unpaired) electrons. The number of aromatic nitrogens is 3. The van der Waals surface area contributed by atoms with Gasteiger partial charge in [-0.2, -0.15) is 0 Å². The van der Waals surface area contributed by atoms with Crippen molar-refractivity contribution in [3.63, 3.8) is 0 Å². The van der Waals surface area contributed by atoms with Crippen LogP contribution in [0.15, 0.2) is 200 Å². The second-order valence-electron chi connectivity index (χ2n) is 18.1. The summed E-state index contributed by atoms with van der Waals surface area (Å²) in [6, 6.07) is 74.1. The number of benzene rings is 9. The van der Waals surface area contributed by atoms with Gasteiger partial charge in [0.05, 0.1) is 27.7 Å². The Morgan fingerprint density at radius 3 is 1.63 bits per heavy atom. The molecule has 3 nitrogen and oxygen atoms in total. The highest BCUT2D eigenvalue weighted by Gasteiger charge is 2.51. The fraction of sp³-hybridized carbons (Fsp3) is 0.0667. The number of rotatable bonds is 3. The summed E-state index contributed by atoms with van der Waals surface area (Å²) >= 11 is 0. The van der Waals surface area contributed by atoms with Crippen LogP contribution in [0.4, 0.5) is 0 Å². The van der Waals surface area contributed by atoms with Gasteiger partial charge in [0.25, 0.3) is 0 Å². The normalized spacial score (nSPS) is 14.4. The Balaban J connectivity index is 0.962. The molecule has 0 N–H and O–H groups in total. The molecular formula is C60H39N3.